The van der Waals surface area contributed by atoms with Crippen LogP contribution in [-0.4, -0.2) is 5.75 Å². The van der Waals surface area contributed by atoms with Crippen LogP contribution in [0.15, 0.2) is 42.0 Å². The Labute approximate surface area is 84.0 Å². The molecule has 0 aromatic heterocycles. The van der Waals surface area contributed by atoms with Crippen molar-refractivity contribution in [3.63, 3.8) is 0 Å². The summed E-state index contributed by atoms with van der Waals surface area (Å²) in [6, 6.07) is 10.8. The van der Waals surface area contributed by atoms with Gasteiger partial charge in [0.2, 0.25) is 0 Å². The number of allylic oxidation sites excluding steroid dienone is 1. The van der Waals surface area contributed by atoms with E-state index in [0.717, 1.165) is 0 Å². The molecule has 13 heavy (non-hydrogen) atoms. The number of hydrogen-bond acceptors (Lipinski definition) is 1. The molecule has 1 atom stereocenters. The van der Waals surface area contributed by atoms with Crippen molar-refractivity contribution in [2.45, 2.75) is 18.6 Å². The van der Waals surface area contributed by atoms with Crippen molar-refractivity contribution in [2.24, 2.45) is 0 Å². The maximum absolute atomic E-state index is 2.34. The highest BCUT2D eigenvalue weighted by Gasteiger charge is 2.14. The molecule has 1 aromatic carbocycles. The third-order valence-electron chi connectivity index (χ3n) is 2.41. The van der Waals surface area contributed by atoms with Crippen LogP contribution in [0.1, 0.15) is 24.2 Å². The van der Waals surface area contributed by atoms with E-state index in [-0.39, 0.29) is 0 Å². The molecule has 0 amide bonds. The minimum Gasteiger partial charge on any atom is -0.149 e. The normalized spacial score (nSPS) is 22.5. The lowest BCUT2D eigenvalue weighted by molar-refractivity contribution is 0.902. The van der Waals surface area contributed by atoms with Crippen LogP contribution in [0.25, 0.3) is 0 Å². The second-order valence-corrected chi connectivity index (χ2v) is 4.72. The summed E-state index contributed by atoms with van der Waals surface area (Å²) in [6.07, 6.45) is 3.55. The number of hydrogen-bond donors (Lipinski definition) is 0. The Hall–Kier alpha value is -0.690. The molecule has 1 aliphatic heterocycles. The monoisotopic (exact) mass is 190 g/mol. The molecule has 0 radical (unpaired) electrons. The molecule has 0 spiro atoms. The molecule has 0 saturated heterocycles. The van der Waals surface area contributed by atoms with Crippen LogP contribution in [-0.2, 0) is 0 Å². The van der Waals surface area contributed by atoms with Gasteiger partial charge >= 0.3 is 0 Å². The van der Waals surface area contributed by atoms with Gasteiger partial charge in [-0.25, -0.2) is 0 Å². The van der Waals surface area contributed by atoms with Crippen LogP contribution in [0.5, 0.6) is 0 Å². The molecule has 2 rings (SSSR count). The summed E-state index contributed by atoms with van der Waals surface area (Å²) in [6.45, 7) is 2.23. The largest absolute Gasteiger partial charge is 0.149 e. The first-order valence-electron chi connectivity index (χ1n) is 4.68. The van der Waals surface area contributed by atoms with Gasteiger partial charge in [-0.05, 0) is 18.9 Å². The van der Waals surface area contributed by atoms with Gasteiger partial charge in [-0.3, -0.25) is 0 Å². The predicted octanol–water partition coefficient (Wildman–Crippen LogP) is 3.81. The topological polar surface area (TPSA) is 0 Å². The highest BCUT2D eigenvalue weighted by Crippen LogP contribution is 2.37. The van der Waals surface area contributed by atoms with E-state index in [0.29, 0.717) is 5.25 Å². The van der Waals surface area contributed by atoms with E-state index in [1.54, 1.807) is 0 Å². The minimum atomic E-state index is 0.686. The molecule has 1 heterocycles. The van der Waals surface area contributed by atoms with E-state index >= 15 is 0 Å². The summed E-state index contributed by atoms with van der Waals surface area (Å²) in [5.74, 6) is 1.17. The molecule has 0 N–H and O–H groups in total. The van der Waals surface area contributed by atoms with Gasteiger partial charge in [-0.1, -0.05) is 42.0 Å². The SMILES string of the molecule is CC1=CCSC(c2ccccc2)C1. The Morgan fingerprint density at radius 1 is 1.23 bits per heavy atom. The lowest BCUT2D eigenvalue weighted by atomic mass is 10.0. The van der Waals surface area contributed by atoms with E-state index in [4.69, 9.17) is 0 Å². The Morgan fingerprint density at radius 2 is 2.00 bits per heavy atom. The fraction of sp³-hybridized carbons (Fsp3) is 0.333. The van der Waals surface area contributed by atoms with Crippen LogP contribution in [0.3, 0.4) is 0 Å². The van der Waals surface area contributed by atoms with Gasteiger partial charge in [0.1, 0.15) is 0 Å². The highest BCUT2D eigenvalue weighted by atomic mass is 32.2. The molecule has 68 valence electrons. The lowest BCUT2D eigenvalue weighted by Crippen LogP contribution is -2.00. The van der Waals surface area contributed by atoms with Crippen LogP contribution in [0, 0.1) is 0 Å². The summed E-state index contributed by atoms with van der Waals surface area (Å²) in [7, 11) is 0. The molecular formula is C12H14S. The quantitative estimate of drug-likeness (QED) is 0.607. The molecule has 1 unspecified atom stereocenters. The van der Waals surface area contributed by atoms with Crippen molar-refractivity contribution in [1.29, 1.82) is 0 Å². The van der Waals surface area contributed by atoms with Crippen LogP contribution >= 0.6 is 11.8 Å². The minimum absolute atomic E-state index is 0.686. The van der Waals surface area contributed by atoms with Gasteiger partial charge in [0.05, 0.1) is 0 Å². The zero-order valence-corrected chi connectivity index (χ0v) is 8.68. The Kier molecular flexibility index (Phi) is 2.74. The Morgan fingerprint density at radius 3 is 2.69 bits per heavy atom. The summed E-state index contributed by atoms with van der Waals surface area (Å²) in [4.78, 5) is 0. The van der Waals surface area contributed by atoms with Crippen molar-refractivity contribution in [2.75, 3.05) is 5.75 Å². The summed E-state index contributed by atoms with van der Waals surface area (Å²) >= 11 is 2.04. The van der Waals surface area contributed by atoms with Crippen molar-refractivity contribution >= 4 is 11.8 Å². The van der Waals surface area contributed by atoms with E-state index in [2.05, 4.69) is 43.3 Å². The van der Waals surface area contributed by atoms with Gasteiger partial charge < -0.3 is 0 Å². The zero-order chi connectivity index (χ0) is 9.10. The van der Waals surface area contributed by atoms with Gasteiger partial charge in [0.25, 0.3) is 0 Å². The van der Waals surface area contributed by atoms with Crippen molar-refractivity contribution < 1.29 is 0 Å². The molecular weight excluding hydrogens is 176 g/mol. The third kappa shape index (κ3) is 2.16. The number of benzene rings is 1. The zero-order valence-electron chi connectivity index (χ0n) is 7.86. The predicted molar refractivity (Wildman–Crippen MR) is 60.0 cm³/mol. The summed E-state index contributed by atoms with van der Waals surface area (Å²) in [5.41, 5.74) is 3.01. The average molecular weight is 190 g/mol. The molecule has 0 fully saturated rings. The number of rotatable bonds is 1. The van der Waals surface area contributed by atoms with Crippen LogP contribution < -0.4 is 0 Å². The van der Waals surface area contributed by atoms with Gasteiger partial charge in [-0.2, -0.15) is 0 Å². The Bertz CT molecular complexity index is 300. The molecule has 0 nitrogen and oxygen atoms in total. The van der Waals surface area contributed by atoms with Gasteiger partial charge in [0, 0.05) is 11.0 Å². The van der Waals surface area contributed by atoms with Crippen molar-refractivity contribution in [1.82, 2.24) is 0 Å². The summed E-state index contributed by atoms with van der Waals surface area (Å²) < 4.78 is 0. The maximum atomic E-state index is 2.34. The van der Waals surface area contributed by atoms with Crippen LogP contribution in [0.4, 0.5) is 0 Å². The molecule has 0 saturated carbocycles. The standard InChI is InChI=1S/C12H14S/c1-10-7-8-13-12(9-10)11-5-3-2-4-6-11/h2-7,12H,8-9H2,1H3. The fourth-order valence-electron chi connectivity index (χ4n) is 1.62. The highest BCUT2D eigenvalue weighted by molar-refractivity contribution is 7.99. The summed E-state index contributed by atoms with van der Waals surface area (Å²) in [5, 5.41) is 0.686. The number of thioether (sulfide) groups is 1. The van der Waals surface area contributed by atoms with Crippen molar-refractivity contribution in [3.05, 3.63) is 47.5 Å². The van der Waals surface area contributed by atoms with E-state index in [1.165, 1.54) is 23.3 Å². The smallest absolute Gasteiger partial charge is 0.0337 e. The third-order valence-corrected chi connectivity index (χ3v) is 3.61. The van der Waals surface area contributed by atoms with E-state index in [1.807, 2.05) is 11.8 Å². The second-order valence-electron chi connectivity index (χ2n) is 3.49. The molecule has 0 bridgehead atoms. The van der Waals surface area contributed by atoms with Crippen molar-refractivity contribution in [3.8, 4) is 0 Å². The maximum Gasteiger partial charge on any atom is 0.0337 e. The molecule has 1 aromatic rings. The van der Waals surface area contributed by atoms with Gasteiger partial charge in [-0.15, -0.1) is 11.8 Å². The van der Waals surface area contributed by atoms with E-state index < -0.39 is 0 Å². The first-order valence-corrected chi connectivity index (χ1v) is 5.73. The first kappa shape index (κ1) is 8.89. The molecule has 0 aliphatic carbocycles. The van der Waals surface area contributed by atoms with Crippen LogP contribution in [0.2, 0.25) is 0 Å². The molecule has 1 aliphatic rings. The first-order chi connectivity index (χ1) is 6.36. The Balaban J connectivity index is 2.15. The lowest BCUT2D eigenvalue weighted by Gasteiger charge is -2.20. The second kappa shape index (κ2) is 4.01. The fourth-order valence-corrected chi connectivity index (χ4v) is 2.97. The average Bonchev–Trinajstić information content (AvgIpc) is 2.19. The molecule has 1 heteroatoms. The van der Waals surface area contributed by atoms with Gasteiger partial charge in [0.15, 0.2) is 0 Å². The van der Waals surface area contributed by atoms with E-state index in [9.17, 15) is 0 Å².